The van der Waals surface area contributed by atoms with Gasteiger partial charge in [-0.3, -0.25) is 4.79 Å². The summed E-state index contributed by atoms with van der Waals surface area (Å²) in [5, 5.41) is 12.5. The van der Waals surface area contributed by atoms with Gasteiger partial charge in [-0.1, -0.05) is 20.8 Å². The average molecular weight is 382 g/mol. The number of aromatic nitrogens is 1. The third-order valence-electron chi connectivity index (χ3n) is 3.98. The van der Waals surface area contributed by atoms with Gasteiger partial charge in [-0.05, 0) is 26.2 Å². The number of ether oxygens (including phenoxy) is 3. The highest BCUT2D eigenvalue weighted by atomic mass is 16.6. The van der Waals surface area contributed by atoms with Crippen LogP contribution in [0.5, 0.6) is 11.5 Å². The van der Waals surface area contributed by atoms with Crippen molar-refractivity contribution >= 4 is 11.9 Å². The Morgan fingerprint density at radius 1 is 1.26 bits per heavy atom. The van der Waals surface area contributed by atoms with Crippen LogP contribution in [-0.2, 0) is 14.3 Å². The highest BCUT2D eigenvalue weighted by Crippen LogP contribution is 2.27. The van der Waals surface area contributed by atoms with E-state index in [9.17, 15) is 14.7 Å². The zero-order valence-electron chi connectivity index (χ0n) is 16.8. The Balaban J connectivity index is 2.76. The molecule has 0 unspecified atom stereocenters. The summed E-state index contributed by atoms with van der Waals surface area (Å²) in [7, 11) is 1.37. The van der Waals surface area contributed by atoms with Crippen LogP contribution in [0.3, 0.4) is 0 Å². The number of esters is 1. The van der Waals surface area contributed by atoms with Crippen molar-refractivity contribution < 1.29 is 28.9 Å². The number of carbonyl (C=O) groups excluding carboxylic acids is 2. The lowest BCUT2D eigenvalue weighted by Crippen LogP contribution is -2.44. The van der Waals surface area contributed by atoms with Gasteiger partial charge in [-0.2, -0.15) is 0 Å². The maximum atomic E-state index is 12.4. The first-order chi connectivity index (χ1) is 12.7. The second kappa shape index (κ2) is 10.7. The fourth-order valence-corrected chi connectivity index (χ4v) is 2.50. The highest BCUT2D eigenvalue weighted by molar-refractivity contribution is 5.97. The van der Waals surface area contributed by atoms with E-state index in [1.54, 1.807) is 0 Å². The average Bonchev–Trinajstić information content (AvgIpc) is 2.63. The molecule has 1 amide bonds. The molecule has 8 nitrogen and oxygen atoms in total. The van der Waals surface area contributed by atoms with Crippen molar-refractivity contribution in [3.05, 3.63) is 18.0 Å². The number of amides is 1. The monoisotopic (exact) mass is 382 g/mol. The number of pyridine rings is 1. The quantitative estimate of drug-likeness (QED) is 0.598. The van der Waals surface area contributed by atoms with E-state index >= 15 is 0 Å². The summed E-state index contributed by atoms with van der Waals surface area (Å²) in [6, 6.07) is 0.499. The summed E-state index contributed by atoms with van der Waals surface area (Å²) in [6.45, 7) is 9.82. The molecule has 1 aromatic heterocycles. The second-order valence-corrected chi connectivity index (χ2v) is 6.63. The molecule has 0 aliphatic rings. The Morgan fingerprint density at radius 2 is 1.93 bits per heavy atom. The summed E-state index contributed by atoms with van der Waals surface area (Å²) in [6.07, 6.45) is 1.50. The third-order valence-corrected chi connectivity index (χ3v) is 3.98. The maximum absolute atomic E-state index is 12.4. The molecule has 0 aliphatic carbocycles. The molecule has 1 aromatic rings. The van der Waals surface area contributed by atoms with Crippen LogP contribution in [0.15, 0.2) is 12.3 Å². The predicted molar refractivity (Wildman–Crippen MR) is 99.8 cm³/mol. The van der Waals surface area contributed by atoms with Crippen LogP contribution in [-0.4, -0.2) is 53.9 Å². The van der Waals surface area contributed by atoms with Crippen LogP contribution >= 0.6 is 0 Å². The lowest BCUT2D eigenvalue weighted by molar-refractivity contribution is -0.162. The fourth-order valence-electron chi connectivity index (χ4n) is 2.50. The third kappa shape index (κ3) is 6.39. The van der Waals surface area contributed by atoms with E-state index in [1.165, 1.54) is 26.3 Å². The molecule has 0 fully saturated rings. The molecular weight excluding hydrogens is 352 g/mol. The lowest BCUT2D eigenvalue weighted by Gasteiger charge is -2.28. The molecule has 1 heterocycles. The van der Waals surface area contributed by atoms with E-state index in [-0.39, 0.29) is 29.2 Å². The molecule has 0 radical (unpaired) electrons. The highest BCUT2D eigenvalue weighted by Gasteiger charge is 2.29. The van der Waals surface area contributed by atoms with Crippen LogP contribution in [0.25, 0.3) is 0 Å². The number of aromatic hydroxyl groups is 1. The number of methoxy groups -OCH3 is 1. The molecule has 1 rings (SSSR count). The normalized spacial score (nSPS) is 14.3. The molecule has 0 bridgehead atoms. The summed E-state index contributed by atoms with van der Waals surface area (Å²) >= 11 is 0. The Labute approximate surface area is 160 Å². The number of nitrogens with one attached hydrogen (secondary N) is 1. The van der Waals surface area contributed by atoms with Crippen molar-refractivity contribution in [2.45, 2.75) is 59.3 Å². The SMILES string of the molecule is CCCO[C@@H](C)[C@H](OC(=O)[C@H](C)NC(=O)c1nccc(OC)c1O)C(C)C. The van der Waals surface area contributed by atoms with Crippen LogP contribution in [0.1, 0.15) is 51.5 Å². The number of hydrogen-bond donors (Lipinski definition) is 2. The molecule has 0 aliphatic heterocycles. The van der Waals surface area contributed by atoms with Crippen molar-refractivity contribution in [3.8, 4) is 11.5 Å². The molecule has 0 spiro atoms. The van der Waals surface area contributed by atoms with Gasteiger partial charge < -0.3 is 24.6 Å². The molecule has 0 saturated carbocycles. The molecule has 0 aromatic carbocycles. The van der Waals surface area contributed by atoms with Gasteiger partial charge in [-0.25, -0.2) is 9.78 Å². The first-order valence-corrected chi connectivity index (χ1v) is 9.07. The van der Waals surface area contributed by atoms with Crippen LogP contribution < -0.4 is 10.1 Å². The van der Waals surface area contributed by atoms with Gasteiger partial charge in [0.25, 0.3) is 5.91 Å². The van der Waals surface area contributed by atoms with Gasteiger partial charge in [0.15, 0.2) is 17.2 Å². The minimum atomic E-state index is -0.926. The molecule has 152 valence electrons. The van der Waals surface area contributed by atoms with E-state index in [0.717, 1.165) is 6.42 Å². The summed E-state index contributed by atoms with van der Waals surface area (Å²) < 4.78 is 16.2. The molecule has 3 atom stereocenters. The van der Waals surface area contributed by atoms with Crippen molar-refractivity contribution in [2.24, 2.45) is 5.92 Å². The number of hydrogen-bond acceptors (Lipinski definition) is 7. The first-order valence-electron chi connectivity index (χ1n) is 9.07. The summed E-state index contributed by atoms with van der Waals surface area (Å²) in [5.74, 6) is -1.51. The summed E-state index contributed by atoms with van der Waals surface area (Å²) in [5.41, 5.74) is -0.228. The zero-order valence-corrected chi connectivity index (χ0v) is 16.8. The lowest BCUT2D eigenvalue weighted by atomic mass is 10.0. The van der Waals surface area contributed by atoms with Gasteiger partial charge in [0.05, 0.1) is 13.2 Å². The van der Waals surface area contributed by atoms with Crippen molar-refractivity contribution in [2.75, 3.05) is 13.7 Å². The number of nitrogens with zero attached hydrogens (tertiary/aromatic N) is 1. The first kappa shape index (κ1) is 22.7. The van der Waals surface area contributed by atoms with Crippen LogP contribution in [0.4, 0.5) is 0 Å². The largest absolute Gasteiger partial charge is 0.503 e. The van der Waals surface area contributed by atoms with Gasteiger partial charge in [0, 0.05) is 18.9 Å². The Morgan fingerprint density at radius 3 is 2.48 bits per heavy atom. The van der Waals surface area contributed by atoms with Crippen molar-refractivity contribution in [3.63, 3.8) is 0 Å². The van der Waals surface area contributed by atoms with E-state index in [2.05, 4.69) is 10.3 Å². The standard InChI is InChI=1S/C19H30N2O6/c1-7-10-26-13(5)17(11(2)3)27-19(24)12(4)21-18(23)15-16(22)14(25-6)8-9-20-15/h8-9,11-13,17,22H,7,10H2,1-6H3,(H,21,23)/t12-,13-,17+/m0/s1. The van der Waals surface area contributed by atoms with Gasteiger partial charge in [0.2, 0.25) is 0 Å². The number of carbonyl (C=O) groups is 2. The Bertz CT molecular complexity index is 635. The second-order valence-electron chi connectivity index (χ2n) is 6.63. The van der Waals surface area contributed by atoms with Crippen LogP contribution in [0.2, 0.25) is 0 Å². The smallest absolute Gasteiger partial charge is 0.328 e. The van der Waals surface area contributed by atoms with E-state index in [0.29, 0.717) is 6.61 Å². The molecule has 27 heavy (non-hydrogen) atoms. The predicted octanol–water partition coefficient (Wildman–Crippen LogP) is 2.30. The van der Waals surface area contributed by atoms with Crippen LogP contribution in [0, 0.1) is 5.92 Å². The topological polar surface area (TPSA) is 107 Å². The molecule has 0 saturated heterocycles. The molecular formula is C19H30N2O6. The van der Waals surface area contributed by atoms with Gasteiger partial charge >= 0.3 is 5.97 Å². The van der Waals surface area contributed by atoms with E-state index < -0.39 is 24.0 Å². The minimum absolute atomic E-state index is 0.0489. The molecule has 8 heteroatoms. The number of rotatable bonds is 10. The van der Waals surface area contributed by atoms with Gasteiger partial charge in [0.1, 0.15) is 12.1 Å². The Hall–Kier alpha value is -2.35. The van der Waals surface area contributed by atoms with Crippen molar-refractivity contribution in [1.29, 1.82) is 0 Å². The van der Waals surface area contributed by atoms with E-state index in [4.69, 9.17) is 14.2 Å². The zero-order chi connectivity index (χ0) is 20.6. The fraction of sp³-hybridized carbons (Fsp3) is 0.632. The van der Waals surface area contributed by atoms with Gasteiger partial charge in [-0.15, -0.1) is 0 Å². The Kier molecular flexibility index (Phi) is 9.00. The minimum Gasteiger partial charge on any atom is -0.503 e. The molecule has 2 N–H and O–H groups in total. The maximum Gasteiger partial charge on any atom is 0.328 e. The van der Waals surface area contributed by atoms with Crippen molar-refractivity contribution in [1.82, 2.24) is 10.3 Å². The summed E-state index contributed by atoms with van der Waals surface area (Å²) in [4.78, 5) is 28.6. The van der Waals surface area contributed by atoms with E-state index in [1.807, 2.05) is 27.7 Å².